The standard InChI is InChI=1S/C10H16N4O/c1-6(2)7-5-8(11-3)13-14-9(7)10(15)12-4/h5-6H,1-4H3,(H,11,13)(H,12,15). The highest BCUT2D eigenvalue weighted by Crippen LogP contribution is 2.19. The number of hydrogen-bond acceptors (Lipinski definition) is 4. The summed E-state index contributed by atoms with van der Waals surface area (Å²) >= 11 is 0. The Bertz CT molecular complexity index is 362. The van der Waals surface area contributed by atoms with Crippen LogP contribution in [0, 0.1) is 0 Å². The molecule has 1 heterocycles. The minimum atomic E-state index is -0.200. The summed E-state index contributed by atoms with van der Waals surface area (Å²) < 4.78 is 0. The molecule has 0 aliphatic rings. The lowest BCUT2D eigenvalue weighted by Gasteiger charge is -2.11. The van der Waals surface area contributed by atoms with Gasteiger partial charge in [-0.3, -0.25) is 4.79 Å². The van der Waals surface area contributed by atoms with Crippen molar-refractivity contribution in [3.05, 3.63) is 17.3 Å². The molecule has 1 aromatic rings. The van der Waals surface area contributed by atoms with Gasteiger partial charge in [0.15, 0.2) is 5.69 Å². The molecule has 0 aromatic carbocycles. The molecular formula is C10H16N4O. The number of amides is 1. The zero-order valence-electron chi connectivity index (χ0n) is 9.46. The maximum Gasteiger partial charge on any atom is 0.271 e. The first-order valence-electron chi connectivity index (χ1n) is 4.87. The fraction of sp³-hybridized carbons (Fsp3) is 0.500. The number of hydrogen-bond donors (Lipinski definition) is 2. The van der Waals surface area contributed by atoms with E-state index in [0.717, 1.165) is 5.56 Å². The molecule has 82 valence electrons. The van der Waals surface area contributed by atoms with Crippen molar-refractivity contribution in [2.75, 3.05) is 19.4 Å². The number of nitrogens with one attached hydrogen (secondary N) is 2. The number of nitrogens with zero attached hydrogens (tertiary/aromatic N) is 2. The van der Waals surface area contributed by atoms with Gasteiger partial charge in [-0.2, -0.15) is 0 Å². The maximum atomic E-state index is 11.5. The lowest BCUT2D eigenvalue weighted by Crippen LogP contribution is -2.22. The van der Waals surface area contributed by atoms with Gasteiger partial charge in [-0.15, -0.1) is 10.2 Å². The Hall–Kier alpha value is -1.65. The van der Waals surface area contributed by atoms with Gasteiger partial charge < -0.3 is 10.6 Å². The zero-order valence-corrected chi connectivity index (χ0v) is 9.46. The maximum absolute atomic E-state index is 11.5. The molecule has 5 heteroatoms. The molecule has 0 fully saturated rings. The van der Waals surface area contributed by atoms with Gasteiger partial charge in [0.2, 0.25) is 0 Å². The van der Waals surface area contributed by atoms with Gasteiger partial charge in [-0.25, -0.2) is 0 Å². The smallest absolute Gasteiger partial charge is 0.271 e. The lowest BCUT2D eigenvalue weighted by atomic mass is 10.0. The van der Waals surface area contributed by atoms with E-state index in [1.807, 2.05) is 19.9 Å². The van der Waals surface area contributed by atoms with Crippen LogP contribution in [0.5, 0.6) is 0 Å². The van der Waals surface area contributed by atoms with E-state index < -0.39 is 0 Å². The van der Waals surface area contributed by atoms with Crippen LogP contribution in [-0.2, 0) is 0 Å². The summed E-state index contributed by atoms with van der Waals surface area (Å²) in [4.78, 5) is 11.5. The van der Waals surface area contributed by atoms with Crippen LogP contribution in [0.2, 0.25) is 0 Å². The van der Waals surface area contributed by atoms with Crippen molar-refractivity contribution in [3.63, 3.8) is 0 Å². The van der Waals surface area contributed by atoms with Crippen molar-refractivity contribution < 1.29 is 4.79 Å². The van der Waals surface area contributed by atoms with E-state index in [9.17, 15) is 4.79 Å². The first-order chi connectivity index (χ1) is 7.10. The fourth-order valence-corrected chi connectivity index (χ4v) is 1.26. The van der Waals surface area contributed by atoms with Gasteiger partial charge in [0, 0.05) is 14.1 Å². The largest absolute Gasteiger partial charge is 0.372 e. The second-order valence-electron chi connectivity index (χ2n) is 3.52. The third kappa shape index (κ3) is 2.43. The molecule has 1 rings (SSSR count). The van der Waals surface area contributed by atoms with E-state index in [1.165, 1.54) is 0 Å². The molecule has 0 saturated carbocycles. The van der Waals surface area contributed by atoms with E-state index in [0.29, 0.717) is 11.5 Å². The first kappa shape index (κ1) is 11.4. The fourth-order valence-electron chi connectivity index (χ4n) is 1.26. The van der Waals surface area contributed by atoms with Crippen LogP contribution < -0.4 is 10.6 Å². The molecule has 0 saturated heterocycles. The van der Waals surface area contributed by atoms with Gasteiger partial charge in [0.25, 0.3) is 5.91 Å². The molecule has 0 unspecified atom stereocenters. The van der Waals surface area contributed by atoms with Crippen LogP contribution in [0.3, 0.4) is 0 Å². The number of carbonyl (C=O) groups excluding carboxylic acids is 1. The normalized spacial score (nSPS) is 10.2. The molecule has 15 heavy (non-hydrogen) atoms. The Balaban J connectivity index is 3.21. The molecule has 0 radical (unpaired) electrons. The van der Waals surface area contributed by atoms with Crippen molar-refractivity contribution >= 4 is 11.7 Å². The van der Waals surface area contributed by atoms with E-state index >= 15 is 0 Å². The van der Waals surface area contributed by atoms with Crippen molar-refractivity contribution in [2.24, 2.45) is 0 Å². The predicted molar refractivity (Wildman–Crippen MR) is 59.1 cm³/mol. The molecule has 5 nitrogen and oxygen atoms in total. The van der Waals surface area contributed by atoms with E-state index in [4.69, 9.17) is 0 Å². The summed E-state index contributed by atoms with van der Waals surface area (Å²) in [6.45, 7) is 4.03. The van der Waals surface area contributed by atoms with Gasteiger partial charge in [0.1, 0.15) is 5.82 Å². The highest BCUT2D eigenvalue weighted by atomic mass is 16.1. The number of anilines is 1. The highest BCUT2D eigenvalue weighted by Gasteiger charge is 2.15. The summed E-state index contributed by atoms with van der Waals surface area (Å²) in [5.74, 6) is 0.708. The second kappa shape index (κ2) is 4.72. The highest BCUT2D eigenvalue weighted by molar-refractivity contribution is 5.93. The summed E-state index contributed by atoms with van der Waals surface area (Å²) in [5, 5.41) is 13.3. The molecule has 0 aliphatic heterocycles. The van der Waals surface area contributed by atoms with Crippen molar-refractivity contribution in [3.8, 4) is 0 Å². The van der Waals surface area contributed by atoms with Gasteiger partial charge in [-0.1, -0.05) is 13.8 Å². The summed E-state index contributed by atoms with van der Waals surface area (Å²) in [6.07, 6.45) is 0. The molecule has 0 aliphatic carbocycles. The molecule has 0 bridgehead atoms. The molecular weight excluding hydrogens is 192 g/mol. The van der Waals surface area contributed by atoms with Crippen LogP contribution in [0.25, 0.3) is 0 Å². The minimum absolute atomic E-state index is 0.200. The van der Waals surface area contributed by atoms with Crippen molar-refractivity contribution in [1.82, 2.24) is 15.5 Å². The van der Waals surface area contributed by atoms with Gasteiger partial charge in [-0.05, 0) is 17.5 Å². The Morgan fingerprint density at radius 2 is 2.00 bits per heavy atom. The van der Waals surface area contributed by atoms with E-state index in [2.05, 4.69) is 20.8 Å². The number of carbonyl (C=O) groups is 1. The molecule has 1 aromatic heterocycles. The Kier molecular flexibility index (Phi) is 3.60. The van der Waals surface area contributed by atoms with E-state index in [1.54, 1.807) is 14.1 Å². The Labute approximate surface area is 89.3 Å². The summed E-state index contributed by atoms with van der Waals surface area (Å²) in [7, 11) is 3.35. The van der Waals surface area contributed by atoms with Crippen LogP contribution in [0.4, 0.5) is 5.82 Å². The molecule has 0 atom stereocenters. The molecule has 2 N–H and O–H groups in total. The van der Waals surface area contributed by atoms with Crippen LogP contribution in [-0.4, -0.2) is 30.2 Å². The van der Waals surface area contributed by atoms with Crippen molar-refractivity contribution in [2.45, 2.75) is 19.8 Å². The van der Waals surface area contributed by atoms with Crippen LogP contribution in [0.1, 0.15) is 35.8 Å². The topological polar surface area (TPSA) is 66.9 Å². The third-order valence-corrected chi connectivity index (χ3v) is 2.14. The van der Waals surface area contributed by atoms with Crippen LogP contribution >= 0.6 is 0 Å². The van der Waals surface area contributed by atoms with Gasteiger partial charge >= 0.3 is 0 Å². The van der Waals surface area contributed by atoms with Crippen molar-refractivity contribution in [1.29, 1.82) is 0 Å². The average molecular weight is 208 g/mol. The van der Waals surface area contributed by atoms with Crippen LogP contribution in [0.15, 0.2) is 6.07 Å². The lowest BCUT2D eigenvalue weighted by molar-refractivity contribution is 0.0955. The molecule has 0 spiro atoms. The Morgan fingerprint density at radius 3 is 2.47 bits per heavy atom. The zero-order chi connectivity index (χ0) is 11.4. The second-order valence-corrected chi connectivity index (χ2v) is 3.52. The van der Waals surface area contributed by atoms with E-state index in [-0.39, 0.29) is 11.8 Å². The third-order valence-electron chi connectivity index (χ3n) is 2.14. The number of rotatable bonds is 3. The average Bonchev–Trinajstić information content (AvgIpc) is 2.27. The first-order valence-corrected chi connectivity index (χ1v) is 4.87. The summed E-state index contributed by atoms with van der Waals surface area (Å²) in [6, 6.07) is 1.85. The van der Waals surface area contributed by atoms with Gasteiger partial charge in [0.05, 0.1) is 0 Å². The SMILES string of the molecule is CNC(=O)c1nnc(NC)cc1C(C)C. The Morgan fingerprint density at radius 1 is 1.33 bits per heavy atom. The monoisotopic (exact) mass is 208 g/mol. The minimum Gasteiger partial charge on any atom is -0.372 e. The number of aromatic nitrogens is 2. The summed E-state index contributed by atoms with van der Waals surface area (Å²) in [5.41, 5.74) is 1.29. The quantitative estimate of drug-likeness (QED) is 0.777. The predicted octanol–water partition coefficient (Wildman–Crippen LogP) is 1.00. The molecule has 1 amide bonds.